The summed E-state index contributed by atoms with van der Waals surface area (Å²) in [6, 6.07) is 14.6. The van der Waals surface area contributed by atoms with Crippen molar-refractivity contribution in [2.75, 3.05) is 0 Å². The molecule has 3 unspecified atom stereocenters. The van der Waals surface area contributed by atoms with Crippen LogP contribution in [0.25, 0.3) is 22.3 Å². The minimum Gasteiger partial charge on any atom is -0.508 e. The van der Waals surface area contributed by atoms with Crippen LogP contribution in [0.15, 0.2) is 75.9 Å². The number of aliphatic hydroxyl groups is 1. The van der Waals surface area contributed by atoms with E-state index < -0.39 is 40.5 Å². The fraction of sp³-hybridized carbons (Fsp3) is 0.100. The lowest BCUT2D eigenvalue weighted by molar-refractivity contribution is -0.168. The second-order valence-corrected chi connectivity index (χ2v) is 9.89. The zero-order valence-corrected chi connectivity index (χ0v) is 20.8. The van der Waals surface area contributed by atoms with E-state index in [1.54, 1.807) is 0 Å². The summed E-state index contributed by atoms with van der Waals surface area (Å²) < 4.78 is 18.2. The summed E-state index contributed by atoms with van der Waals surface area (Å²) in [5.74, 6) is -3.79. The highest BCUT2D eigenvalue weighted by molar-refractivity contribution is 5.93. The molecule has 0 aliphatic carbocycles. The number of hydrogen-bond donors (Lipinski definition) is 7. The Hall–Kier alpha value is -5.55. The van der Waals surface area contributed by atoms with Crippen LogP contribution in [-0.4, -0.2) is 42.0 Å². The Morgan fingerprint density at radius 1 is 0.707 bits per heavy atom. The third-order valence-corrected chi connectivity index (χ3v) is 7.57. The summed E-state index contributed by atoms with van der Waals surface area (Å²) in [6.07, 6.45) is -1.77. The molecule has 1 aromatic heterocycles. The highest BCUT2D eigenvalue weighted by atomic mass is 16.6. The quantitative estimate of drug-likeness (QED) is 0.167. The minimum atomic E-state index is -1.84. The van der Waals surface area contributed by atoms with Gasteiger partial charge in [-0.05, 0) is 36.4 Å². The molecule has 11 heteroatoms. The molecule has 0 saturated carbocycles. The van der Waals surface area contributed by atoms with E-state index in [0.29, 0.717) is 5.56 Å². The van der Waals surface area contributed by atoms with Crippen LogP contribution in [0.1, 0.15) is 22.6 Å². The molecule has 206 valence electrons. The van der Waals surface area contributed by atoms with Gasteiger partial charge in [0.25, 0.3) is 0 Å². The zero-order valence-electron chi connectivity index (χ0n) is 20.8. The average molecular weight is 556 g/mol. The zero-order chi connectivity index (χ0) is 28.8. The first-order valence-corrected chi connectivity index (χ1v) is 12.3. The van der Waals surface area contributed by atoms with E-state index in [0.717, 1.165) is 12.1 Å². The Kier molecular flexibility index (Phi) is 4.91. The van der Waals surface area contributed by atoms with Crippen LogP contribution in [0.5, 0.6) is 46.0 Å². The maximum absolute atomic E-state index is 13.4. The fourth-order valence-electron chi connectivity index (χ4n) is 5.79. The van der Waals surface area contributed by atoms with Crippen molar-refractivity contribution >= 4 is 11.0 Å². The predicted molar refractivity (Wildman–Crippen MR) is 142 cm³/mol. The molecule has 3 heterocycles. The van der Waals surface area contributed by atoms with Crippen LogP contribution in [0.3, 0.4) is 0 Å². The largest absolute Gasteiger partial charge is 0.508 e. The number of aromatic hydroxyl groups is 6. The number of phenols is 5. The van der Waals surface area contributed by atoms with Gasteiger partial charge in [-0.3, -0.25) is 4.79 Å². The van der Waals surface area contributed by atoms with Gasteiger partial charge in [0.15, 0.2) is 5.76 Å². The van der Waals surface area contributed by atoms with Gasteiger partial charge in [-0.25, -0.2) is 0 Å². The second kappa shape index (κ2) is 8.23. The van der Waals surface area contributed by atoms with E-state index in [1.165, 1.54) is 54.6 Å². The van der Waals surface area contributed by atoms with E-state index in [1.807, 2.05) is 0 Å². The van der Waals surface area contributed by atoms with Crippen molar-refractivity contribution in [2.24, 2.45) is 0 Å². The SMILES string of the molecule is O=c1c(O)c(-c2ccc(O)cc2)oc2c3c(cc(O)c12)OC1(c2ccc(O)cc2)C(O)Oc2cc(O)cc(O)c2C31. The van der Waals surface area contributed by atoms with Gasteiger partial charge in [-0.2, -0.15) is 0 Å². The molecular formula is C30H20O11. The molecule has 5 aromatic rings. The van der Waals surface area contributed by atoms with Crippen LogP contribution >= 0.6 is 0 Å². The first-order chi connectivity index (χ1) is 19.6. The Morgan fingerprint density at radius 3 is 2.05 bits per heavy atom. The Morgan fingerprint density at radius 2 is 1.37 bits per heavy atom. The molecule has 7 rings (SSSR count). The number of phenolic OH excluding ortho intramolecular Hbond substituents is 5. The predicted octanol–water partition coefficient (Wildman–Crippen LogP) is 3.82. The number of ether oxygens (including phenoxy) is 2. The summed E-state index contributed by atoms with van der Waals surface area (Å²) in [6.45, 7) is 0. The second-order valence-electron chi connectivity index (χ2n) is 9.89. The highest BCUT2D eigenvalue weighted by Gasteiger charge is 2.62. The van der Waals surface area contributed by atoms with Crippen molar-refractivity contribution < 1.29 is 49.6 Å². The Bertz CT molecular complexity index is 1940. The summed E-state index contributed by atoms with van der Waals surface area (Å²) in [5, 5.41) is 73.6. The Balaban J connectivity index is 1.61. The van der Waals surface area contributed by atoms with Crippen molar-refractivity contribution in [1.82, 2.24) is 0 Å². The molecule has 41 heavy (non-hydrogen) atoms. The number of fused-ring (bicyclic) bond motifs is 7. The van der Waals surface area contributed by atoms with Crippen molar-refractivity contribution in [3.05, 3.63) is 93.6 Å². The smallest absolute Gasteiger partial charge is 0.243 e. The normalized spacial score (nSPS) is 20.5. The van der Waals surface area contributed by atoms with Gasteiger partial charge in [0.05, 0.1) is 11.5 Å². The molecule has 4 aromatic carbocycles. The maximum atomic E-state index is 13.4. The van der Waals surface area contributed by atoms with Crippen molar-refractivity contribution in [2.45, 2.75) is 17.8 Å². The molecule has 7 N–H and O–H groups in total. The topological polar surface area (TPSA) is 190 Å². The molecule has 0 amide bonds. The molecule has 0 bridgehead atoms. The lowest BCUT2D eigenvalue weighted by Gasteiger charge is -2.43. The van der Waals surface area contributed by atoms with Gasteiger partial charge in [0.1, 0.15) is 51.2 Å². The third-order valence-electron chi connectivity index (χ3n) is 7.57. The van der Waals surface area contributed by atoms with Gasteiger partial charge in [0.2, 0.25) is 23.1 Å². The van der Waals surface area contributed by atoms with E-state index in [9.17, 15) is 40.5 Å². The van der Waals surface area contributed by atoms with Crippen LogP contribution in [0.4, 0.5) is 0 Å². The monoisotopic (exact) mass is 556 g/mol. The van der Waals surface area contributed by atoms with Crippen LogP contribution in [0, 0.1) is 0 Å². The maximum Gasteiger partial charge on any atom is 0.243 e. The van der Waals surface area contributed by atoms with Crippen molar-refractivity contribution in [3.8, 4) is 57.3 Å². The van der Waals surface area contributed by atoms with Crippen LogP contribution < -0.4 is 14.9 Å². The molecule has 0 fully saturated rings. The first kappa shape index (κ1) is 24.5. The summed E-state index contributed by atoms with van der Waals surface area (Å²) >= 11 is 0. The molecule has 3 atom stereocenters. The van der Waals surface area contributed by atoms with Gasteiger partial charge < -0.3 is 49.6 Å². The van der Waals surface area contributed by atoms with Gasteiger partial charge in [0, 0.05) is 34.9 Å². The van der Waals surface area contributed by atoms with Crippen molar-refractivity contribution in [3.63, 3.8) is 0 Å². The van der Waals surface area contributed by atoms with E-state index in [2.05, 4.69) is 0 Å². The number of aliphatic hydroxyl groups excluding tert-OH is 1. The molecule has 0 radical (unpaired) electrons. The lowest BCUT2D eigenvalue weighted by Crippen LogP contribution is -2.52. The van der Waals surface area contributed by atoms with Crippen LogP contribution in [-0.2, 0) is 5.60 Å². The van der Waals surface area contributed by atoms with E-state index in [4.69, 9.17) is 13.9 Å². The van der Waals surface area contributed by atoms with E-state index >= 15 is 0 Å². The van der Waals surface area contributed by atoms with Crippen molar-refractivity contribution in [1.29, 1.82) is 0 Å². The molecule has 0 saturated heterocycles. The molecule has 2 aliphatic rings. The highest BCUT2D eigenvalue weighted by Crippen LogP contribution is 2.63. The minimum absolute atomic E-state index is 0.0263. The summed E-state index contributed by atoms with van der Waals surface area (Å²) in [5.41, 5.74) is -2.26. The van der Waals surface area contributed by atoms with Gasteiger partial charge in [-0.15, -0.1) is 0 Å². The molecular weight excluding hydrogens is 536 g/mol. The lowest BCUT2D eigenvalue weighted by atomic mass is 9.72. The first-order valence-electron chi connectivity index (χ1n) is 12.3. The van der Waals surface area contributed by atoms with Gasteiger partial charge in [-0.1, -0.05) is 12.1 Å². The van der Waals surface area contributed by atoms with Gasteiger partial charge >= 0.3 is 0 Å². The molecule has 11 nitrogen and oxygen atoms in total. The summed E-state index contributed by atoms with van der Waals surface area (Å²) in [4.78, 5) is 13.4. The van der Waals surface area contributed by atoms with E-state index in [-0.39, 0.29) is 62.2 Å². The average Bonchev–Trinajstić information content (AvgIpc) is 3.27. The Labute approximate surface area is 229 Å². The number of rotatable bonds is 2. The fourth-order valence-corrected chi connectivity index (χ4v) is 5.79. The molecule has 0 spiro atoms. The number of hydrogen-bond acceptors (Lipinski definition) is 11. The number of benzene rings is 4. The standard InChI is InChI=1S/C30H20O11/c31-14-5-1-12(2-6-14)27-26(37)25(36)22-18(35)11-20-23(28(22)40-27)24-21-17(34)9-16(33)10-19(21)39-29(38)30(24,41-20)13-3-7-15(32)8-4-13/h1-11,24,29,31-35,37-38H. The summed E-state index contributed by atoms with van der Waals surface area (Å²) in [7, 11) is 0. The third kappa shape index (κ3) is 3.26. The molecule has 2 aliphatic heterocycles. The van der Waals surface area contributed by atoms with Crippen LogP contribution in [0.2, 0.25) is 0 Å².